The minimum absolute atomic E-state index is 0.864. The molecule has 1 aromatic rings. The van der Waals surface area contributed by atoms with E-state index in [9.17, 15) is 0 Å². The molecule has 0 spiro atoms. The first-order valence-corrected chi connectivity index (χ1v) is 10.8. The second-order valence-corrected chi connectivity index (χ2v) is 11.4. The van der Waals surface area contributed by atoms with E-state index < -0.39 is 20.2 Å². The third-order valence-electron chi connectivity index (χ3n) is 2.11. The van der Waals surface area contributed by atoms with E-state index in [0.717, 1.165) is 3.86 Å². The van der Waals surface area contributed by atoms with E-state index in [-0.39, 0.29) is 0 Å². The van der Waals surface area contributed by atoms with Gasteiger partial charge in [0, 0.05) is 0 Å². The number of nitrogens with zero attached hydrogens (tertiary/aromatic N) is 1. The minimum atomic E-state index is -0.864. The molecule has 1 aromatic heterocycles. The van der Waals surface area contributed by atoms with Crippen molar-refractivity contribution in [3.63, 3.8) is 0 Å². The van der Waals surface area contributed by atoms with Gasteiger partial charge in [-0.05, 0) is 0 Å². The van der Waals surface area contributed by atoms with E-state index in [1.165, 1.54) is 12.1 Å². The van der Waals surface area contributed by atoms with Gasteiger partial charge in [-0.3, -0.25) is 0 Å². The van der Waals surface area contributed by atoms with Crippen molar-refractivity contribution in [3.8, 4) is 0 Å². The molecule has 0 aliphatic rings. The van der Waals surface area contributed by atoms with Crippen molar-refractivity contribution < 1.29 is 0 Å². The molecule has 0 fully saturated rings. The second-order valence-electron chi connectivity index (χ2n) is 3.34. The number of aromatic nitrogens is 1. The van der Waals surface area contributed by atoms with Crippen molar-refractivity contribution in [1.82, 2.24) is 4.98 Å². The number of hydrogen-bond acceptors (Lipinski definition) is 1. The van der Waals surface area contributed by atoms with Crippen LogP contribution in [0.25, 0.3) is 0 Å². The third kappa shape index (κ3) is 3.14. The molecule has 0 aliphatic heterocycles. The predicted octanol–water partition coefficient (Wildman–Crippen LogP) is 2.77. The van der Waals surface area contributed by atoms with E-state index >= 15 is 0 Å². The van der Waals surface area contributed by atoms with E-state index in [0.29, 0.717) is 0 Å². The molecule has 0 N–H and O–H groups in total. The summed E-state index contributed by atoms with van der Waals surface area (Å²) in [6, 6.07) is 6.17. The zero-order chi connectivity index (χ0) is 8.97. The average molecular weight is 272 g/mol. The molecule has 0 amide bonds. The molecule has 1 rings (SSSR count). The fourth-order valence-corrected chi connectivity index (χ4v) is 2.58. The summed E-state index contributed by atoms with van der Waals surface area (Å²) in [6.07, 6.45) is 3.06. The zero-order valence-corrected chi connectivity index (χ0v) is 10.5. The van der Waals surface area contributed by atoms with Gasteiger partial charge in [0.15, 0.2) is 0 Å². The molecule has 12 heavy (non-hydrogen) atoms. The Morgan fingerprint density at radius 2 is 2.17 bits per heavy atom. The molecule has 1 atom stereocenters. The molecular formula is C10H16NSb. The molecule has 2 heteroatoms. The van der Waals surface area contributed by atoms with Crippen LogP contribution in [0.3, 0.4) is 0 Å². The van der Waals surface area contributed by atoms with Crippen LogP contribution in [0, 0.1) is 0 Å². The van der Waals surface area contributed by atoms with Crippen LogP contribution < -0.4 is 0 Å². The van der Waals surface area contributed by atoms with Crippen LogP contribution in [-0.4, -0.2) is 25.2 Å². The van der Waals surface area contributed by atoms with E-state index in [4.69, 9.17) is 0 Å². The van der Waals surface area contributed by atoms with Gasteiger partial charge in [-0.15, -0.1) is 0 Å². The summed E-state index contributed by atoms with van der Waals surface area (Å²) in [5.74, 6) is 0. The van der Waals surface area contributed by atoms with Crippen LogP contribution in [0.2, 0.25) is 13.6 Å². The number of rotatable bonds is 3. The van der Waals surface area contributed by atoms with Gasteiger partial charge in [-0.2, -0.15) is 0 Å². The number of hydrogen-bond donors (Lipinski definition) is 0. The fourth-order valence-electron chi connectivity index (χ4n) is 1.00. The van der Waals surface area contributed by atoms with Crippen LogP contribution in [0.5, 0.6) is 0 Å². The summed E-state index contributed by atoms with van der Waals surface area (Å²) in [6.45, 7) is 2.36. The van der Waals surface area contributed by atoms with Gasteiger partial charge in [-0.25, -0.2) is 0 Å². The quantitative estimate of drug-likeness (QED) is 0.771. The molecular weight excluding hydrogens is 256 g/mol. The van der Waals surface area contributed by atoms with Gasteiger partial charge in [-0.1, -0.05) is 0 Å². The summed E-state index contributed by atoms with van der Waals surface area (Å²) in [5, 5.41) is 0. The molecule has 66 valence electrons. The van der Waals surface area contributed by atoms with Crippen LogP contribution in [0.4, 0.5) is 0 Å². The number of pyridine rings is 1. The van der Waals surface area contributed by atoms with Crippen molar-refractivity contribution in [2.75, 3.05) is 0 Å². The van der Waals surface area contributed by atoms with Crippen molar-refractivity contribution >= 4 is 20.2 Å². The van der Waals surface area contributed by atoms with Crippen LogP contribution in [0.1, 0.15) is 12.6 Å². The SMILES string of the molecule is C[CH](Cc1ccccn1)[Sb]([CH3])[CH3]. The van der Waals surface area contributed by atoms with Gasteiger partial charge >= 0.3 is 82.2 Å². The van der Waals surface area contributed by atoms with Gasteiger partial charge < -0.3 is 0 Å². The molecule has 0 saturated heterocycles. The van der Waals surface area contributed by atoms with Gasteiger partial charge in [0.25, 0.3) is 0 Å². The second kappa shape index (κ2) is 4.86. The van der Waals surface area contributed by atoms with Gasteiger partial charge in [0.05, 0.1) is 0 Å². The van der Waals surface area contributed by atoms with Crippen LogP contribution in [-0.2, 0) is 6.42 Å². The first-order chi connectivity index (χ1) is 5.70. The molecule has 1 heterocycles. The van der Waals surface area contributed by atoms with Gasteiger partial charge in [0.1, 0.15) is 0 Å². The molecule has 0 aliphatic carbocycles. The summed E-state index contributed by atoms with van der Waals surface area (Å²) in [7, 11) is 0. The Hall–Kier alpha value is -0.0318. The Morgan fingerprint density at radius 3 is 2.67 bits per heavy atom. The summed E-state index contributed by atoms with van der Waals surface area (Å²) in [4.78, 5) is 9.21. The Morgan fingerprint density at radius 1 is 1.42 bits per heavy atom. The standard InChI is InChI=1S/C8H10N.2CH3.Sb/c1-2-5-8-6-3-4-7-9-8;;;/h2-4,6-7H,5H2,1H3;2*1H3;. The molecule has 0 radical (unpaired) electrons. The molecule has 0 saturated carbocycles. The Kier molecular flexibility index (Phi) is 4.07. The van der Waals surface area contributed by atoms with Crippen molar-refractivity contribution in [3.05, 3.63) is 30.1 Å². The molecule has 0 bridgehead atoms. The summed E-state index contributed by atoms with van der Waals surface area (Å²) < 4.78 is 0.905. The van der Waals surface area contributed by atoms with Crippen molar-refractivity contribution in [2.45, 2.75) is 26.9 Å². The first kappa shape index (κ1) is 10.1. The maximum absolute atomic E-state index is 4.33. The Bertz CT molecular complexity index is 221. The molecule has 1 unspecified atom stereocenters. The summed E-state index contributed by atoms with van der Waals surface area (Å²) in [5.41, 5.74) is 1.25. The monoisotopic (exact) mass is 271 g/mol. The third-order valence-corrected chi connectivity index (χ3v) is 7.67. The topological polar surface area (TPSA) is 12.9 Å². The van der Waals surface area contributed by atoms with E-state index in [1.54, 1.807) is 0 Å². The Balaban J connectivity index is 2.53. The van der Waals surface area contributed by atoms with Crippen LogP contribution >= 0.6 is 0 Å². The maximum atomic E-state index is 4.33. The fraction of sp³-hybridized carbons (Fsp3) is 0.500. The van der Waals surface area contributed by atoms with E-state index in [1.807, 2.05) is 12.3 Å². The molecule has 0 aromatic carbocycles. The van der Waals surface area contributed by atoms with Crippen molar-refractivity contribution in [2.24, 2.45) is 0 Å². The van der Waals surface area contributed by atoms with Crippen LogP contribution in [0.15, 0.2) is 24.4 Å². The van der Waals surface area contributed by atoms with E-state index in [2.05, 4.69) is 33.8 Å². The Labute approximate surface area is 82.2 Å². The van der Waals surface area contributed by atoms with Crippen molar-refractivity contribution in [1.29, 1.82) is 0 Å². The first-order valence-electron chi connectivity index (χ1n) is 4.26. The average Bonchev–Trinajstić information content (AvgIpc) is 2.06. The van der Waals surface area contributed by atoms with Gasteiger partial charge in [0.2, 0.25) is 0 Å². The molecule has 1 nitrogen and oxygen atoms in total. The summed E-state index contributed by atoms with van der Waals surface area (Å²) >= 11 is -0.864. The zero-order valence-electron chi connectivity index (χ0n) is 7.99. The predicted molar refractivity (Wildman–Crippen MR) is 54.8 cm³/mol. The normalized spacial score (nSPS) is 13.3.